The zero-order chi connectivity index (χ0) is 18.0. The fourth-order valence-corrected chi connectivity index (χ4v) is 3.10. The minimum atomic E-state index is -0.0480. The minimum absolute atomic E-state index is 0.0480. The fourth-order valence-electron chi connectivity index (χ4n) is 3.10. The molecule has 0 saturated heterocycles. The molecular weight excluding hydrogens is 312 g/mol. The molecule has 1 amide bonds. The molecule has 5 heteroatoms. The molecular formula is C20H24N4O. The number of aromatic nitrogens is 2. The quantitative estimate of drug-likeness (QED) is 0.777. The van der Waals surface area contributed by atoms with Crippen molar-refractivity contribution < 1.29 is 4.79 Å². The molecule has 0 radical (unpaired) electrons. The van der Waals surface area contributed by atoms with E-state index in [1.807, 2.05) is 68.9 Å². The highest BCUT2D eigenvalue weighted by atomic mass is 16.1. The fraction of sp³-hybridized carbons (Fsp3) is 0.300. The Morgan fingerprint density at radius 2 is 1.80 bits per heavy atom. The first-order valence-corrected chi connectivity index (χ1v) is 8.39. The maximum Gasteiger partial charge on any atom is 0.244 e. The van der Waals surface area contributed by atoms with Crippen molar-refractivity contribution in [3.8, 4) is 0 Å². The SMILES string of the molecule is Cc1cc(C)cc(NC(=O)Cn2c(CN(C)C)nc3ccccc32)c1. The Morgan fingerprint density at radius 1 is 1.12 bits per heavy atom. The molecule has 1 aromatic heterocycles. The summed E-state index contributed by atoms with van der Waals surface area (Å²) in [7, 11) is 4.00. The average Bonchev–Trinajstić information content (AvgIpc) is 2.83. The molecule has 0 aliphatic rings. The third-order valence-electron chi connectivity index (χ3n) is 4.00. The Bertz CT molecular complexity index is 891. The van der Waals surface area contributed by atoms with Crippen molar-refractivity contribution in [2.24, 2.45) is 0 Å². The van der Waals surface area contributed by atoms with Crippen molar-refractivity contribution in [3.63, 3.8) is 0 Å². The predicted molar refractivity (Wildman–Crippen MR) is 102 cm³/mol. The summed E-state index contributed by atoms with van der Waals surface area (Å²) < 4.78 is 1.99. The van der Waals surface area contributed by atoms with Crippen LogP contribution in [0.3, 0.4) is 0 Å². The van der Waals surface area contributed by atoms with Gasteiger partial charge in [0, 0.05) is 5.69 Å². The number of para-hydroxylation sites is 2. The van der Waals surface area contributed by atoms with Gasteiger partial charge in [0.1, 0.15) is 12.4 Å². The number of carbonyl (C=O) groups excluding carboxylic acids is 1. The van der Waals surface area contributed by atoms with Crippen LogP contribution in [-0.4, -0.2) is 34.5 Å². The van der Waals surface area contributed by atoms with Crippen molar-refractivity contribution in [2.75, 3.05) is 19.4 Å². The van der Waals surface area contributed by atoms with E-state index in [1.54, 1.807) is 0 Å². The third-order valence-corrected chi connectivity index (χ3v) is 4.00. The molecule has 25 heavy (non-hydrogen) atoms. The van der Waals surface area contributed by atoms with Crippen LogP contribution in [0, 0.1) is 13.8 Å². The van der Waals surface area contributed by atoms with Gasteiger partial charge in [0.25, 0.3) is 0 Å². The number of fused-ring (bicyclic) bond motifs is 1. The standard InChI is InChI=1S/C20H24N4O/c1-14-9-15(2)11-16(10-14)21-20(25)13-24-18-8-6-5-7-17(18)22-19(24)12-23(3)4/h5-11H,12-13H2,1-4H3,(H,21,25). The topological polar surface area (TPSA) is 50.2 Å². The van der Waals surface area contributed by atoms with E-state index in [4.69, 9.17) is 0 Å². The maximum absolute atomic E-state index is 12.6. The van der Waals surface area contributed by atoms with Crippen LogP contribution >= 0.6 is 0 Å². The Kier molecular flexibility index (Phi) is 4.86. The normalized spacial score (nSPS) is 11.2. The van der Waals surface area contributed by atoms with Gasteiger partial charge in [-0.2, -0.15) is 0 Å². The summed E-state index contributed by atoms with van der Waals surface area (Å²) in [4.78, 5) is 19.3. The van der Waals surface area contributed by atoms with Gasteiger partial charge in [-0.25, -0.2) is 4.98 Å². The molecule has 0 unspecified atom stereocenters. The highest BCUT2D eigenvalue weighted by molar-refractivity contribution is 5.92. The van der Waals surface area contributed by atoms with Gasteiger partial charge in [0.2, 0.25) is 5.91 Å². The summed E-state index contributed by atoms with van der Waals surface area (Å²) in [6, 6.07) is 14.0. The summed E-state index contributed by atoms with van der Waals surface area (Å²) in [5.74, 6) is 0.843. The van der Waals surface area contributed by atoms with Crippen molar-refractivity contribution >= 4 is 22.6 Å². The number of carbonyl (C=O) groups is 1. The summed E-state index contributed by atoms with van der Waals surface area (Å²) >= 11 is 0. The average molecular weight is 336 g/mol. The van der Waals surface area contributed by atoms with E-state index in [0.29, 0.717) is 6.54 Å². The number of nitrogens with zero attached hydrogens (tertiary/aromatic N) is 3. The van der Waals surface area contributed by atoms with Gasteiger partial charge >= 0.3 is 0 Å². The molecule has 0 aliphatic heterocycles. The molecule has 2 aromatic carbocycles. The first kappa shape index (κ1) is 17.2. The number of imidazole rings is 1. The van der Waals surface area contributed by atoms with Crippen LogP contribution in [0.1, 0.15) is 17.0 Å². The lowest BCUT2D eigenvalue weighted by Gasteiger charge is -2.13. The number of anilines is 1. The van der Waals surface area contributed by atoms with E-state index in [1.165, 1.54) is 0 Å². The molecule has 3 rings (SSSR count). The summed E-state index contributed by atoms with van der Waals surface area (Å²) in [5, 5.41) is 3.01. The van der Waals surface area contributed by atoms with Crippen molar-refractivity contribution in [2.45, 2.75) is 26.9 Å². The van der Waals surface area contributed by atoms with Crippen molar-refractivity contribution in [1.82, 2.24) is 14.5 Å². The summed E-state index contributed by atoms with van der Waals surface area (Å²) in [5.41, 5.74) is 5.00. The van der Waals surface area contributed by atoms with Crippen LogP contribution in [0.4, 0.5) is 5.69 Å². The minimum Gasteiger partial charge on any atom is -0.325 e. The van der Waals surface area contributed by atoms with Crippen LogP contribution in [-0.2, 0) is 17.9 Å². The number of hydrogen-bond acceptors (Lipinski definition) is 3. The first-order valence-electron chi connectivity index (χ1n) is 8.39. The number of nitrogens with one attached hydrogen (secondary N) is 1. The molecule has 1 heterocycles. The molecule has 130 valence electrons. The molecule has 0 spiro atoms. The first-order chi connectivity index (χ1) is 11.9. The largest absolute Gasteiger partial charge is 0.325 e. The zero-order valence-corrected chi connectivity index (χ0v) is 15.2. The number of hydrogen-bond donors (Lipinski definition) is 1. The lowest BCUT2D eigenvalue weighted by atomic mass is 10.1. The second-order valence-electron chi connectivity index (χ2n) is 6.77. The molecule has 0 atom stereocenters. The molecule has 0 bridgehead atoms. The van der Waals surface area contributed by atoms with E-state index < -0.39 is 0 Å². The molecule has 0 fully saturated rings. The summed E-state index contributed by atoms with van der Waals surface area (Å²) in [6.07, 6.45) is 0. The number of rotatable bonds is 5. The lowest BCUT2D eigenvalue weighted by Crippen LogP contribution is -2.22. The van der Waals surface area contributed by atoms with E-state index in [0.717, 1.165) is 33.7 Å². The van der Waals surface area contributed by atoms with E-state index in [2.05, 4.69) is 21.3 Å². The van der Waals surface area contributed by atoms with Crippen LogP contribution in [0.15, 0.2) is 42.5 Å². The maximum atomic E-state index is 12.6. The van der Waals surface area contributed by atoms with Gasteiger partial charge < -0.3 is 14.8 Å². The predicted octanol–water partition coefficient (Wildman–Crippen LogP) is 3.35. The van der Waals surface area contributed by atoms with Crippen molar-refractivity contribution in [1.29, 1.82) is 0 Å². The highest BCUT2D eigenvalue weighted by Gasteiger charge is 2.14. The monoisotopic (exact) mass is 336 g/mol. The smallest absolute Gasteiger partial charge is 0.244 e. The number of amides is 1. The van der Waals surface area contributed by atoms with Crippen LogP contribution in [0.25, 0.3) is 11.0 Å². The molecule has 5 nitrogen and oxygen atoms in total. The van der Waals surface area contributed by atoms with Gasteiger partial charge in [-0.1, -0.05) is 18.2 Å². The summed E-state index contributed by atoms with van der Waals surface area (Å²) in [6.45, 7) is 4.99. The van der Waals surface area contributed by atoms with Crippen molar-refractivity contribution in [3.05, 3.63) is 59.4 Å². The Hall–Kier alpha value is -2.66. The van der Waals surface area contributed by atoms with Gasteiger partial charge in [-0.05, 0) is 63.3 Å². The van der Waals surface area contributed by atoms with Gasteiger partial charge in [-0.3, -0.25) is 4.79 Å². The molecule has 0 aliphatic carbocycles. The van der Waals surface area contributed by atoms with Gasteiger partial charge in [-0.15, -0.1) is 0 Å². The van der Waals surface area contributed by atoms with Crippen LogP contribution < -0.4 is 5.32 Å². The van der Waals surface area contributed by atoms with Gasteiger partial charge in [0.15, 0.2) is 0 Å². The highest BCUT2D eigenvalue weighted by Crippen LogP contribution is 2.18. The molecule has 1 N–H and O–H groups in total. The Labute approximate surface area is 148 Å². The Balaban J connectivity index is 1.87. The molecule has 0 saturated carbocycles. The van der Waals surface area contributed by atoms with E-state index >= 15 is 0 Å². The second-order valence-corrected chi connectivity index (χ2v) is 6.77. The second kappa shape index (κ2) is 7.07. The van der Waals surface area contributed by atoms with Gasteiger partial charge in [0.05, 0.1) is 17.6 Å². The van der Waals surface area contributed by atoms with E-state index in [9.17, 15) is 4.79 Å². The van der Waals surface area contributed by atoms with E-state index in [-0.39, 0.29) is 12.5 Å². The third kappa shape index (κ3) is 4.06. The number of benzene rings is 2. The number of aryl methyl sites for hydroxylation is 2. The molecule has 3 aromatic rings. The Morgan fingerprint density at radius 3 is 2.48 bits per heavy atom. The lowest BCUT2D eigenvalue weighted by molar-refractivity contribution is -0.116. The van der Waals surface area contributed by atoms with Crippen LogP contribution in [0.5, 0.6) is 0 Å². The zero-order valence-electron chi connectivity index (χ0n) is 15.2. The van der Waals surface area contributed by atoms with Crippen LogP contribution in [0.2, 0.25) is 0 Å².